The van der Waals surface area contributed by atoms with E-state index in [-0.39, 0.29) is 18.1 Å². The Hall–Kier alpha value is -0.120. The highest BCUT2D eigenvalue weighted by molar-refractivity contribution is 4.65. The summed E-state index contributed by atoms with van der Waals surface area (Å²) in [5.41, 5.74) is 0. The van der Waals surface area contributed by atoms with E-state index in [1.165, 1.54) is 0 Å². The molecule has 0 radical (unpaired) electrons. The zero-order valence-corrected chi connectivity index (χ0v) is 8.25. The molecule has 0 spiro atoms. The van der Waals surface area contributed by atoms with E-state index in [0.717, 1.165) is 6.42 Å². The topological polar surface area (TPSA) is 52.5 Å². The quantitative estimate of drug-likeness (QED) is 0.546. The third-order valence-corrected chi connectivity index (χ3v) is 1.97. The van der Waals surface area contributed by atoms with Crippen LogP contribution >= 0.6 is 0 Å². The molecular formula is C9H21NO2. The van der Waals surface area contributed by atoms with E-state index in [2.05, 4.69) is 5.32 Å². The molecule has 0 fully saturated rings. The Balaban J connectivity index is 3.30. The predicted molar refractivity (Wildman–Crippen MR) is 50.0 cm³/mol. The van der Waals surface area contributed by atoms with Gasteiger partial charge in [0.25, 0.3) is 0 Å². The number of rotatable bonds is 6. The van der Waals surface area contributed by atoms with Crippen molar-refractivity contribution in [2.45, 2.75) is 39.4 Å². The fourth-order valence-electron chi connectivity index (χ4n) is 0.778. The maximum Gasteiger partial charge on any atom is 0.0687 e. The molecular weight excluding hydrogens is 154 g/mol. The summed E-state index contributed by atoms with van der Waals surface area (Å²) in [4.78, 5) is 0. The summed E-state index contributed by atoms with van der Waals surface area (Å²) in [6, 6.07) is 0. The van der Waals surface area contributed by atoms with Crippen LogP contribution in [0.25, 0.3) is 0 Å². The average molecular weight is 175 g/mol. The second-order valence-corrected chi connectivity index (χ2v) is 3.53. The molecule has 2 atom stereocenters. The summed E-state index contributed by atoms with van der Waals surface area (Å²) in [6.45, 7) is 7.02. The summed E-state index contributed by atoms with van der Waals surface area (Å²) < 4.78 is 0. The maximum absolute atomic E-state index is 9.37. The normalized spacial score (nSPS) is 16.5. The van der Waals surface area contributed by atoms with Crippen molar-refractivity contribution in [2.75, 3.05) is 13.1 Å². The monoisotopic (exact) mass is 175 g/mol. The van der Waals surface area contributed by atoms with Gasteiger partial charge in [0, 0.05) is 13.1 Å². The summed E-state index contributed by atoms with van der Waals surface area (Å²) in [5, 5.41) is 21.6. The molecule has 0 aliphatic heterocycles. The van der Waals surface area contributed by atoms with E-state index in [1.54, 1.807) is 0 Å². The number of aliphatic hydroxyl groups excluding tert-OH is 2. The van der Waals surface area contributed by atoms with Crippen LogP contribution in [0.1, 0.15) is 27.2 Å². The van der Waals surface area contributed by atoms with Gasteiger partial charge in [0.2, 0.25) is 0 Å². The van der Waals surface area contributed by atoms with Gasteiger partial charge in [0.1, 0.15) is 0 Å². The van der Waals surface area contributed by atoms with E-state index in [9.17, 15) is 5.11 Å². The Morgan fingerprint density at radius 2 is 1.75 bits per heavy atom. The van der Waals surface area contributed by atoms with Gasteiger partial charge in [-0.2, -0.15) is 0 Å². The van der Waals surface area contributed by atoms with Gasteiger partial charge in [-0.05, 0) is 12.3 Å². The predicted octanol–water partition coefficient (Wildman–Crippen LogP) is 0.364. The molecule has 0 saturated carbocycles. The largest absolute Gasteiger partial charge is 0.392 e. The zero-order chi connectivity index (χ0) is 9.56. The molecule has 0 aromatic heterocycles. The van der Waals surface area contributed by atoms with Gasteiger partial charge in [-0.3, -0.25) is 0 Å². The third kappa shape index (κ3) is 5.52. The second-order valence-electron chi connectivity index (χ2n) is 3.53. The minimum absolute atomic E-state index is 0.274. The molecule has 0 amide bonds. The van der Waals surface area contributed by atoms with Gasteiger partial charge in [-0.15, -0.1) is 0 Å². The van der Waals surface area contributed by atoms with Crippen LogP contribution in [0.4, 0.5) is 0 Å². The van der Waals surface area contributed by atoms with Crippen LogP contribution in [0.2, 0.25) is 0 Å². The summed E-state index contributed by atoms with van der Waals surface area (Å²) >= 11 is 0. The first-order valence-electron chi connectivity index (χ1n) is 4.64. The first-order valence-corrected chi connectivity index (χ1v) is 4.64. The van der Waals surface area contributed by atoms with E-state index in [0.29, 0.717) is 13.1 Å². The first kappa shape index (κ1) is 11.9. The Morgan fingerprint density at radius 1 is 1.17 bits per heavy atom. The average Bonchev–Trinajstić information content (AvgIpc) is 2.03. The molecule has 0 saturated heterocycles. The van der Waals surface area contributed by atoms with E-state index < -0.39 is 0 Å². The minimum atomic E-state index is -0.311. The zero-order valence-electron chi connectivity index (χ0n) is 8.25. The van der Waals surface area contributed by atoms with Gasteiger partial charge in [-0.1, -0.05) is 20.8 Å². The standard InChI is InChI=1S/C9H21NO2/c1-4-8(11)5-10-6-9(12)7(2)3/h7-12H,4-6H2,1-3H3. The highest BCUT2D eigenvalue weighted by Crippen LogP contribution is 1.98. The number of aliphatic hydroxyl groups is 2. The van der Waals surface area contributed by atoms with E-state index in [4.69, 9.17) is 5.11 Å². The van der Waals surface area contributed by atoms with Crippen molar-refractivity contribution in [3.63, 3.8) is 0 Å². The van der Waals surface area contributed by atoms with Crippen molar-refractivity contribution in [2.24, 2.45) is 5.92 Å². The van der Waals surface area contributed by atoms with Gasteiger partial charge in [0.15, 0.2) is 0 Å². The van der Waals surface area contributed by atoms with Gasteiger partial charge < -0.3 is 15.5 Å². The van der Waals surface area contributed by atoms with Crippen molar-refractivity contribution in [3.05, 3.63) is 0 Å². The lowest BCUT2D eigenvalue weighted by molar-refractivity contribution is 0.112. The smallest absolute Gasteiger partial charge is 0.0687 e. The lowest BCUT2D eigenvalue weighted by atomic mass is 10.1. The Kier molecular flexibility index (Phi) is 6.34. The van der Waals surface area contributed by atoms with Crippen LogP contribution in [0.3, 0.4) is 0 Å². The number of hydrogen-bond acceptors (Lipinski definition) is 3. The van der Waals surface area contributed by atoms with E-state index in [1.807, 2.05) is 20.8 Å². The molecule has 0 aromatic carbocycles. The number of hydrogen-bond donors (Lipinski definition) is 3. The van der Waals surface area contributed by atoms with Crippen molar-refractivity contribution in [1.29, 1.82) is 0 Å². The van der Waals surface area contributed by atoms with Crippen molar-refractivity contribution < 1.29 is 10.2 Å². The van der Waals surface area contributed by atoms with Crippen LogP contribution in [-0.4, -0.2) is 35.5 Å². The molecule has 3 heteroatoms. The van der Waals surface area contributed by atoms with Crippen molar-refractivity contribution >= 4 is 0 Å². The molecule has 0 aromatic rings. The molecule has 0 aliphatic carbocycles. The van der Waals surface area contributed by atoms with Crippen LogP contribution in [0, 0.1) is 5.92 Å². The van der Waals surface area contributed by atoms with Crippen molar-refractivity contribution in [3.8, 4) is 0 Å². The van der Waals surface area contributed by atoms with Gasteiger partial charge in [-0.25, -0.2) is 0 Å². The second kappa shape index (κ2) is 6.40. The van der Waals surface area contributed by atoms with Crippen LogP contribution < -0.4 is 5.32 Å². The van der Waals surface area contributed by atoms with Crippen LogP contribution in [0.15, 0.2) is 0 Å². The molecule has 3 N–H and O–H groups in total. The highest BCUT2D eigenvalue weighted by atomic mass is 16.3. The molecule has 2 unspecified atom stereocenters. The molecule has 3 nitrogen and oxygen atoms in total. The lowest BCUT2D eigenvalue weighted by Crippen LogP contribution is -2.35. The Morgan fingerprint density at radius 3 is 2.17 bits per heavy atom. The van der Waals surface area contributed by atoms with Gasteiger partial charge in [0.05, 0.1) is 12.2 Å². The third-order valence-electron chi connectivity index (χ3n) is 1.97. The molecule has 74 valence electrons. The summed E-state index contributed by atoms with van der Waals surface area (Å²) in [6.07, 6.45) is 0.156. The van der Waals surface area contributed by atoms with Crippen LogP contribution in [0.5, 0.6) is 0 Å². The molecule has 0 heterocycles. The molecule has 0 bridgehead atoms. The SMILES string of the molecule is CCC(O)CNCC(O)C(C)C. The fourth-order valence-corrected chi connectivity index (χ4v) is 0.778. The highest BCUT2D eigenvalue weighted by Gasteiger charge is 2.08. The van der Waals surface area contributed by atoms with Gasteiger partial charge >= 0.3 is 0 Å². The summed E-state index contributed by atoms with van der Waals surface area (Å²) in [5.74, 6) is 0.274. The number of nitrogens with one attached hydrogen (secondary N) is 1. The summed E-state index contributed by atoms with van der Waals surface area (Å²) in [7, 11) is 0. The molecule has 12 heavy (non-hydrogen) atoms. The van der Waals surface area contributed by atoms with Crippen molar-refractivity contribution in [1.82, 2.24) is 5.32 Å². The van der Waals surface area contributed by atoms with Crippen LogP contribution in [-0.2, 0) is 0 Å². The maximum atomic E-state index is 9.37. The Bertz CT molecular complexity index is 107. The minimum Gasteiger partial charge on any atom is -0.392 e. The first-order chi connectivity index (χ1) is 5.57. The Labute approximate surface area is 74.8 Å². The fraction of sp³-hybridized carbons (Fsp3) is 1.00. The van der Waals surface area contributed by atoms with E-state index >= 15 is 0 Å². The lowest BCUT2D eigenvalue weighted by Gasteiger charge is -2.16. The molecule has 0 rings (SSSR count). The molecule has 0 aliphatic rings.